The molecule has 8 heteroatoms. The monoisotopic (exact) mass is 476 g/mol. The Hall–Kier alpha value is -3.42. The molecule has 3 fully saturated rings. The second kappa shape index (κ2) is 10.1. The standard InChI is InChI=1S/C27H32N4O4/c32-24-19-29(15-16-31(24)21-11-3-1-4-12-21)27(35)23-18-30(20-9-5-6-10-20)17-22(25(23)33)26(34)28-13-7-2-8-14-28/h1,3-4,11-12,17-18,20H,2,5-10,13-16,19H2. The van der Waals surface area contributed by atoms with Crippen molar-refractivity contribution >= 4 is 23.4 Å². The van der Waals surface area contributed by atoms with E-state index >= 15 is 0 Å². The molecule has 35 heavy (non-hydrogen) atoms. The smallest absolute Gasteiger partial charge is 0.259 e. The summed E-state index contributed by atoms with van der Waals surface area (Å²) in [6.45, 7) is 1.86. The molecule has 3 heterocycles. The van der Waals surface area contributed by atoms with Crippen LogP contribution in [0.15, 0.2) is 47.5 Å². The second-order valence-corrected chi connectivity index (χ2v) is 9.76. The summed E-state index contributed by atoms with van der Waals surface area (Å²) in [5.74, 6) is -0.954. The Labute approximate surface area is 205 Å². The van der Waals surface area contributed by atoms with Gasteiger partial charge in [0.25, 0.3) is 11.8 Å². The van der Waals surface area contributed by atoms with Gasteiger partial charge in [0.2, 0.25) is 11.3 Å². The normalized spacial score (nSPS) is 19.3. The third-order valence-corrected chi connectivity index (χ3v) is 7.47. The average Bonchev–Trinajstić information content (AvgIpc) is 3.44. The van der Waals surface area contributed by atoms with Crippen molar-refractivity contribution in [3.8, 4) is 0 Å². The Kier molecular flexibility index (Phi) is 6.70. The summed E-state index contributed by atoms with van der Waals surface area (Å²) in [4.78, 5) is 58.0. The number of piperidine rings is 1. The Morgan fingerprint density at radius 3 is 1.97 bits per heavy atom. The first kappa shape index (κ1) is 23.3. The van der Waals surface area contributed by atoms with Gasteiger partial charge in [-0.1, -0.05) is 31.0 Å². The number of nitrogens with zero attached hydrogens (tertiary/aromatic N) is 4. The van der Waals surface area contributed by atoms with Crippen LogP contribution in [0.2, 0.25) is 0 Å². The molecular formula is C27H32N4O4. The van der Waals surface area contributed by atoms with Gasteiger partial charge < -0.3 is 19.3 Å². The van der Waals surface area contributed by atoms with Gasteiger partial charge in [-0.15, -0.1) is 0 Å². The number of likely N-dealkylation sites (tertiary alicyclic amines) is 1. The molecule has 2 saturated heterocycles. The maximum atomic E-state index is 13.5. The van der Waals surface area contributed by atoms with Crippen LogP contribution in [0.4, 0.5) is 5.69 Å². The molecule has 1 aromatic heterocycles. The van der Waals surface area contributed by atoms with Gasteiger partial charge >= 0.3 is 0 Å². The Balaban J connectivity index is 1.43. The zero-order valence-electron chi connectivity index (χ0n) is 20.0. The lowest BCUT2D eigenvalue weighted by atomic mass is 10.1. The predicted octanol–water partition coefficient (Wildman–Crippen LogP) is 3.08. The minimum Gasteiger partial charge on any atom is -0.349 e. The quantitative estimate of drug-likeness (QED) is 0.679. The molecule has 3 amide bonds. The number of aromatic nitrogens is 1. The zero-order chi connectivity index (χ0) is 24.4. The first-order chi connectivity index (χ1) is 17.0. The molecule has 5 rings (SSSR count). The van der Waals surface area contributed by atoms with Crippen LogP contribution >= 0.6 is 0 Å². The van der Waals surface area contributed by atoms with Crippen LogP contribution in [-0.2, 0) is 4.79 Å². The third kappa shape index (κ3) is 4.74. The summed E-state index contributed by atoms with van der Waals surface area (Å²) in [5.41, 5.74) is 0.319. The highest BCUT2D eigenvalue weighted by atomic mass is 16.2. The zero-order valence-corrected chi connectivity index (χ0v) is 20.0. The molecule has 184 valence electrons. The van der Waals surface area contributed by atoms with Crippen molar-refractivity contribution in [1.29, 1.82) is 0 Å². The highest BCUT2D eigenvalue weighted by Crippen LogP contribution is 2.30. The van der Waals surface area contributed by atoms with Gasteiger partial charge in [-0.25, -0.2) is 0 Å². The molecule has 0 unspecified atom stereocenters. The summed E-state index contributed by atoms with van der Waals surface area (Å²) in [6.07, 6.45) is 10.3. The van der Waals surface area contributed by atoms with Crippen molar-refractivity contribution in [1.82, 2.24) is 14.4 Å². The average molecular weight is 477 g/mol. The minimum absolute atomic E-state index is 0.0132. The number of rotatable bonds is 4. The van der Waals surface area contributed by atoms with Crippen molar-refractivity contribution in [3.63, 3.8) is 0 Å². The molecule has 8 nitrogen and oxygen atoms in total. The number of para-hydroxylation sites is 1. The molecule has 2 aromatic rings. The van der Waals surface area contributed by atoms with E-state index in [1.54, 1.807) is 22.2 Å². The molecule has 0 N–H and O–H groups in total. The number of carbonyl (C=O) groups excluding carboxylic acids is 3. The summed E-state index contributed by atoms with van der Waals surface area (Å²) < 4.78 is 1.90. The first-order valence-corrected chi connectivity index (χ1v) is 12.7. The van der Waals surface area contributed by atoms with Crippen LogP contribution in [0.5, 0.6) is 0 Å². The van der Waals surface area contributed by atoms with Crippen molar-refractivity contribution in [2.45, 2.75) is 51.0 Å². The van der Waals surface area contributed by atoms with Gasteiger partial charge in [0, 0.05) is 50.3 Å². The van der Waals surface area contributed by atoms with E-state index in [2.05, 4.69) is 0 Å². The minimum atomic E-state index is -0.530. The highest BCUT2D eigenvalue weighted by molar-refractivity contribution is 6.03. The number of piperazine rings is 1. The van der Waals surface area contributed by atoms with E-state index < -0.39 is 11.3 Å². The fourth-order valence-electron chi connectivity index (χ4n) is 5.48. The summed E-state index contributed by atoms with van der Waals surface area (Å²) in [6, 6.07) is 9.54. The van der Waals surface area contributed by atoms with Crippen molar-refractivity contribution in [2.75, 3.05) is 37.6 Å². The van der Waals surface area contributed by atoms with E-state index in [4.69, 9.17) is 0 Å². The third-order valence-electron chi connectivity index (χ3n) is 7.47. The molecule has 1 aromatic carbocycles. The van der Waals surface area contributed by atoms with E-state index in [0.717, 1.165) is 50.6 Å². The van der Waals surface area contributed by atoms with Crippen LogP contribution in [0.25, 0.3) is 0 Å². The Morgan fingerprint density at radius 2 is 1.34 bits per heavy atom. The fourth-order valence-corrected chi connectivity index (χ4v) is 5.48. The van der Waals surface area contributed by atoms with Crippen molar-refractivity contribution in [3.05, 3.63) is 64.1 Å². The highest BCUT2D eigenvalue weighted by Gasteiger charge is 2.32. The maximum Gasteiger partial charge on any atom is 0.259 e. The first-order valence-electron chi connectivity index (χ1n) is 12.7. The van der Waals surface area contributed by atoms with Crippen LogP contribution < -0.4 is 10.3 Å². The molecule has 0 bridgehead atoms. The van der Waals surface area contributed by atoms with Crippen LogP contribution in [0.1, 0.15) is 71.7 Å². The lowest BCUT2D eigenvalue weighted by Crippen LogP contribution is -2.53. The molecule has 3 aliphatic rings. The van der Waals surface area contributed by atoms with E-state index in [1.807, 2.05) is 34.9 Å². The van der Waals surface area contributed by atoms with Crippen molar-refractivity contribution in [2.24, 2.45) is 0 Å². The Morgan fingerprint density at radius 1 is 0.714 bits per heavy atom. The van der Waals surface area contributed by atoms with Gasteiger partial charge in [-0.2, -0.15) is 0 Å². The molecule has 1 aliphatic carbocycles. The topological polar surface area (TPSA) is 82.9 Å². The number of amides is 3. The number of carbonyl (C=O) groups is 3. The predicted molar refractivity (Wildman–Crippen MR) is 133 cm³/mol. The maximum absolute atomic E-state index is 13.5. The molecule has 2 aliphatic heterocycles. The number of pyridine rings is 1. The fraction of sp³-hybridized carbons (Fsp3) is 0.481. The molecule has 0 radical (unpaired) electrons. The summed E-state index contributed by atoms with van der Waals surface area (Å²) in [7, 11) is 0. The second-order valence-electron chi connectivity index (χ2n) is 9.76. The van der Waals surface area contributed by atoms with Gasteiger partial charge in [-0.05, 0) is 44.2 Å². The van der Waals surface area contributed by atoms with Crippen LogP contribution in [0, 0.1) is 0 Å². The van der Waals surface area contributed by atoms with Gasteiger partial charge in [0.05, 0.1) is 0 Å². The van der Waals surface area contributed by atoms with E-state index in [-0.39, 0.29) is 35.5 Å². The van der Waals surface area contributed by atoms with Gasteiger partial charge in [0.1, 0.15) is 17.7 Å². The lowest BCUT2D eigenvalue weighted by molar-refractivity contribution is -0.120. The van der Waals surface area contributed by atoms with Crippen molar-refractivity contribution < 1.29 is 14.4 Å². The van der Waals surface area contributed by atoms with Crippen LogP contribution in [0.3, 0.4) is 0 Å². The lowest BCUT2D eigenvalue weighted by Gasteiger charge is -2.34. The largest absolute Gasteiger partial charge is 0.349 e. The molecule has 1 saturated carbocycles. The van der Waals surface area contributed by atoms with E-state index in [0.29, 0.717) is 26.2 Å². The van der Waals surface area contributed by atoms with Gasteiger partial charge in [0.15, 0.2) is 0 Å². The molecular weight excluding hydrogens is 444 g/mol. The van der Waals surface area contributed by atoms with E-state index in [1.165, 1.54) is 4.90 Å². The molecule has 0 spiro atoms. The number of hydrogen-bond donors (Lipinski definition) is 0. The van der Waals surface area contributed by atoms with Gasteiger partial charge in [-0.3, -0.25) is 19.2 Å². The number of benzene rings is 1. The summed E-state index contributed by atoms with van der Waals surface area (Å²) in [5, 5.41) is 0. The number of anilines is 1. The molecule has 0 atom stereocenters. The summed E-state index contributed by atoms with van der Waals surface area (Å²) >= 11 is 0. The number of hydrogen-bond acceptors (Lipinski definition) is 4. The Bertz CT molecular complexity index is 1160. The SMILES string of the molecule is O=C(c1cn(C2CCCC2)cc(C(=O)N2CCN(c3ccccc3)C(=O)C2)c1=O)N1CCCCC1. The van der Waals surface area contributed by atoms with Crippen LogP contribution in [-0.4, -0.2) is 64.8 Å². The van der Waals surface area contributed by atoms with E-state index in [9.17, 15) is 19.2 Å².